The number of fused-ring (bicyclic) bond motifs is 1. The zero-order chi connectivity index (χ0) is 24.2. The van der Waals surface area contributed by atoms with Gasteiger partial charge in [0.1, 0.15) is 0 Å². The molecule has 1 saturated heterocycles. The molecule has 0 spiro atoms. The quantitative estimate of drug-likeness (QED) is 0.565. The summed E-state index contributed by atoms with van der Waals surface area (Å²) in [4.78, 5) is 20.1. The van der Waals surface area contributed by atoms with E-state index in [1.807, 2.05) is 26.8 Å². The van der Waals surface area contributed by atoms with Crippen LogP contribution in [0.25, 0.3) is 16.3 Å². The van der Waals surface area contributed by atoms with Gasteiger partial charge in [-0.3, -0.25) is 9.69 Å². The fourth-order valence-corrected chi connectivity index (χ4v) is 4.31. The standard InChI is InChI=1S/C26H32N6O2/c1-17(2)25-29-30-26(34-25)32-12-10-31(11-13-32)16-18(3)8-9-19(4)23-14-22-20(15-27)6-5-7-21(22)24(33)28-23/h5-7,9,14,17-18H,8,10-13,16H2,1-4H3,(H,28,33)/b19-9+. The molecule has 1 aliphatic heterocycles. The molecule has 3 heterocycles. The number of nitriles is 1. The molecule has 0 saturated carbocycles. The van der Waals surface area contributed by atoms with Gasteiger partial charge in [0, 0.05) is 55.1 Å². The van der Waals surface area contributed by atoms with Crippen LogP contribution >= 0.6 is 0 Å². The van der Waals surface area contributed by atoms with Crippen molar-refractivity contribution in [1.29, 1.82) is 5.26 Å². The Bertz CT molecular complexity index is 1270. The SMILES string of the molecule is C/C(=C\CC(C)CN1CCN(c2nnc(C(C)C)o2)CC1)c1cc2c(C#N)cccc2c(=O)[nH]1. The van der Waals surface area contributed by atoms with Gasteiger partial charge in [-0.15, -0.1) is 5.10 Å². The van der Waals surface area contributed by atoms with Crippen molar-refractivity contribution in [2.75, 3.05) is 37.6 Å². The van der Waals surface area contributed by atoms with Crippen molar-refractivity contribution in [3.63, 3.8) is 0 Å². The monoisotopic (exact) mass is 460 g/mol. The first-order valence-electron chi connectivity index (χ1n) is 11.9. The second-order valence-electron chi connectivity index (χ2n) is 9.48. The molecule has 0 bridgehead atoms. The van der Waals surface area contributed by atoms with Crippen LogP contribution in [-0.2, 0) is 0 Å². The molecule has 4 rings (SSSR count). The maximum Gasteiger partial charge on any atom is 0.318 e. The van der Waals surface area contributed by atoms with E-state index in [9.17, 15) is 10.1 Å². The molecule has 1 unspecified atom stereocenters. The van der Waals surface area contributed by atoms with E-state index in [0.29, 0.717) is 34.2 Å². The molecule has 8 heteroatoms. The predicted molar refractivity (Wildman–Crippen MR) is 134 cm³/mol. The molecule has 1 N–H and O–H groups in total. The fraction of sp³-hybridized carbons (Fsp3) is 0.462. The molecule has 0 amide bonds. The number of hydrogen-bond donors (Lipinski definition) is 1. The minimum atomic E-state index is -0.162. The van der Waals surface area contributed by atoms with Crippen molar-refractivity contribution in [2.45, 2.75) is 40.0 Å². The van der Waals surface area contributed by atoms with E-state index < -0.39 is 0 Å². The van der Waals surface area contributed by atoms with Gasteiger partial charge in [0.05, 0.1) is 11.6 Å². The van der Waals surface area contributed by atoms with Crippen molar-refractivity contribution in [3.8, 4) is 6.07 Å². The highest BCUT2D eigenvalue weighted by Crippen LogP contribution is 2.22. The minimum absolute atomic E-state index is 0.162. The van der Waals surface area contributed by atoms with Crippen LogP contribution in [0.5, 0.6) is 0 Å². The van der Waals surface area contributed by atoms with Crippen molar-refractivity contribution in [1.82, 2.24) is 20.1 Å². The largest absolute Gasteiger partial charge is 0.408 e. The fourth-order valence-electron chi connectivity index (χ4n) is 4.31. The van der Waals surface area contributed by atoms with Crippen molar-refractivity contribution >= 4 is 22.4 Å². The minimum Gasteiger partial charge on any atom is -0.408 e. The summed E-state index contributed by atoms with van der Waals surface area (Å²) in [6.07, 6.45) is 3.09. The Labute approximate surface area is 199 Å². The first kappa shape index (κ1) is 23.7. The lowest BCUT2D eigenvalue weighted by Crippen LogP contribution is -2.47. The highest BCUT2D eigenvalue weighted by molar-refractivity contribution is 5.89. The molecular formula is C26H32N6O2. The highest BCUT2D eigenvalue weighted by atomic mass is 16.4. The summed E-state index contributed by atoms with van der Waals surface area (Å²) < 4.78 is 5.79. The molecular weight excluding hydrogens is 428 g/mol. The molecule has 8 nitrogen and oxygen atoms in total. The van der Waals surface area contributed by atoms with Crippen LogP contribution in [0.4, 0.5) is 6.01 Å². The molecule has 0 aliphatic carbocycles. The van der Waals surface area contributed by atoms with Gasteiger partial charge >= 0.3 is 6.01 Å². The van der Waals surface area contributed by atoms with Gasteiger partial charge in [0.2, 0.25) is 5.89 Å². The van der Waals surface area contributed by atoms with E-state index >= 15 is 0 Å². The van der Waals surface area contributed by atoms with E-state index in [0.717, 1.165) is 50.4 Å². The molecule has 1 atom stereocenters. The topological polar surface area (TPSA) is 102 Å². The molecule has 0 radical (unpaired) electrons. The number of aromatic nitrogens is 3. The van der Waals surface area contributed by atoms with Gasteiger partial charge in [-0.05, 0) is 43.0 Å². The summed E-state index contributed by atoms with van der Waals surface area (Å²) in [6, 6.07) is 9.95. The third kappa shape index (κ3) is 5.20. The maximum absolute atomic E-state index is 12.5. The van der Waals surface area contributed by atoms with Crippen molar-refractivity contribution in [3.05, 3.63) is 57.8 Å². The number of allylic oxidation sites excluding steroid dienone is 2. The van der Waals surface area contributed by atoms with Crippen LogP contribution in [0.1, 0.15) is 57.2 Å². The molecule has 3 aromatic rings. The number of hydrogen-bond acceptors (Lipinski definition) is 7. The highest BCUT2D eigenvalue weighted by Gasteiger charge is 2.22. The summed E-state index contributed by atoms with van der Waals surface area (Å²) >= 11 is 0. The van der Waals surface area contributed by atoms with Gasteiger partial charge in [0.15, 0.2) is 0 Å². The Balaban J connectivity index is 1.34. The molecule has 178 valence electrons. The average Bonchev–Trinajstić information content (AvgIpc) is 3.33. The van der Waals surface area contributed by atoms with Gasteiger partial charge in [-0.2, -0.15) is 5.26 Å². The van der Waals surface area contributed by atoms with Crippen molar-refractivity contribution < 1.29 is 4.42 Å². The average molecular weight is 461 g/mol. The first-order valence-corrected chi connectivity index (χ1v) is 11.9. The number of H-pyrrole nitrogens is 1. The third-order valence-corrected chi connectivity index (χ3v) is 6.40. The van der Waals surface area contributed by atoms with Crippen molar-refractivity contribution in [2.24, 2.45) is 5.92 Å². The van der Waals surface area contributed by atoms with E-state index in [1.165, 1.54) is 0 Å². The van der Waals surface area contributed by atoms with Gasteiger partial charge in [-0.25, -0.2) is 0 Å². The van der Waals surface area contributed by atoms with Gasteiger partial charge < -0.3 is 14.3 Å². The third-order valence-electron chi connectivity index (χ3n) is 6.40. The second kappa shape index (κ2) is 10.2. The van der Waals surface area contributed by atoms with Gasteiger partial charge in [0.25, 0.3) is 5.56 Å². The summed E-state index contributed by atoms with van der Waals surface area (Å²) in [5.41, 5.74) is 2.14. The van der Waals surface area contributed by atoms with Gasteiger partial charge in [-0.1, -0.05) is 38.0 Å². The van der Waals surface area contributed by atoms with E-state index in [2.05, 4.69) is 44.1 Å². The zero-order valence-electron chi connectivity index (χ0n) is 20.3. The summed E-state index contributed by atoms with van der Waals surface area (Å²) in [6.45, 7) is 13.0. The molecule has 2 aromatic heterocycles. The van der Waals surface area contributed by atoms with Crippen LogP contribution < -0.4 is 10.5 Å². The Hall–Kier alpha value is -3.44. The number of pyridine rings is 1. The summed E-state index contributed by atoms with van der Waals surface area (Å²) in [7, 11) is 0. The van der Waals surface area contributed by atoms with Crippen LogP contribution in [0.3, 0.4) is 0 Å². The Kier molecular flexibility index (Phi) is 7.13. The maximum atomic E-state index is 12.5. The smallest absolute Gasteiger partial charge is 0.318 e. The normalized spacial score (nSPS) is 16.2. The van der Waals surface area contributed by atoms with Crippen LogP contribution in [0.15, 0.2) is 39.6 Å². The first-order chi connectivity index (χ1) is 16.4. The number of nitrogens with zero attached hydrogens (tertiary/aromatic N) is 5. The molecule has 34 heavy (non-hydrogen) atoms. The van der Waals surface area contributed by atoms with E-state index in [4.69, 9.17) is 4.42 Å². The Morgan fingerprint density at radius 3 is 2.65 bits per heavy atom. The molecule has 1 aromatic carbocycles. The summed E-state index contributed by atoms with van der Waals surface area (Å²) in [5.74, 6) is 1.39. The number of benzene rings is 1. The van der Waals surface area contributed by atoms with E-state index in [-0.39, 0.29) is 11.5 Å². The van der Waals surface area contributed by atoms with Crippen LogP contribution in [0.2, 0.25) is 0 Å². The Morgan fingerprint density at radius 2 is 1.97 bits per heavy atom. The molecule has 1 aliphatic rings. The number of piperazine rings is 1. The number of rotatable bonds is 7. The zero-order valence-corrected chi connectivity index (χ0v) is 20.3. The lowest BCUT2D eigenvalue weighted by Gasteiger charge is -2.34. The number of aromatic amines is 1. The summed E-state index contributed by atoms with van der Waals surface area (Å²) in [5, 5.41) is 19.0. The van der Waals surface area contributed by atoms with E-state index in [1.54, 1.807) is 18.2 Å². The lowest BCUT2D eigenvalue weighted by molar-refractivity contribution is 0.221. The Morgan fingerprint density at radius 1 is 1.21 bits per heavy atom. The molecule has 1 fully saturated rings. The number of nitrogens with one attached hydrogen (secondary N) is 1. The number of anilines is 1. The predicted octanol–water partition coefficient (Wildman–Crippen LogP) is 4.16. The lowest BCUT2D eigenvalue weighted by atomic mass is 10.0. The van der Waals surface area contributed by atoms with Crippen LogP contribution in [-0.4, -0.2) is 52.8 Å². The van der Waals surface area contributed by atoms with Crippen LogP contribution in [0, 0.1) is 17.2 Å². The second-order valence-corrected chi connectivity index (χ2v) is 9.48.